The highest BCUT2D eigenvalue weighted by molar-refractivity contribution is 7.22. The predicted molar refractivity (Wildman–Crippen MR) is 158 cm³/mol. The van der Waals surface area contributed by atoms with Gasteiger partial charge in [0.25, 0.3) is 5.78 Å². The second-order valence-corrected chi connectivity index (χ2v) is 11.1. The van der Waals surface area contributed by atoms with Crippen LogP contribution < -0.4 is 14.4 Å². The molecule has 206 valence electrons. The molecular weight excluding hydrogens is 524 g/mol. The summed E-state index contributed by atoms with van der Waals surface area (Å²) in [6, 6.07) is 15.9. The van der Waals surface area contributed by atoms with Gasteiger partial charge in [0.05, 0.1) is 35.5 Å². The van der Waals surface area contributed by atoms with Gasteiger partial charge < -0.3 is 14.6 Å². The maximum atomic E-state index is 13.7. The number of fused-ring (bicyclic) bond motifs is 1. The quantitative estimate of drug-likeness (QED) is 0.108. The van der Waals surface area contributed by atoms with E-state index >= 15 is 0 Å². The molecule has 1 atom stereocenters. The fourth-order valence-electron chi connectivity index (χ4n) is 4.90. The molecule has 1 unspecified atom stereocenters. The summed E-state index contributed by atoms with van der Waals surface area (Å²) in [5.74, 6) is -0.672. The van der Waals surface area contributed by atoms with E-state index in [1.807, 2.05) is 57.2 Å². The number of Topliss-reactive ketones (excluding diaryl/α,β-unsaturated/α-hetero) is 1. The van der Waals surface area contributed by atoms with Crippen LogP contribution in [0.2, 0.25) is 0 Å². The number of unbranched alkanes of at least 4 members (excludes halogenated alkanes) is 1. The number of nitrogens with zero attached hydrogens (tertiary/aromatic N) is 2. The number of hydrogen-bond donors (Lipinski definition) is 1. The number of aliphatic hydroxyl groups excluding tert-OH is 1. The van der Waals surface area contributed by atoms with Gasteiger partial charge in [0.1, 0.15) is 5.76 Å². The minimum absolute atomic E-state index is 0.0100. The summed E-state index contributed by atoms with van der Waals surface area (Å²) in [7, 11) is 1.55. The van der Waals surface area contributed by atoms with Crippen molar-refractivity contribution in [2.75, 3.05) is 18.6 Å². The lowest BCUT2D eigenvalue weighted by molar-refractivity contribution is -0.132. The molecule has 0 spiro atoms. The number of ether oxygens (including phenoxy) is 2. The molecule has 2 heterocycles. The Morgan fingerprint density at radius 1 is 1.00 bits per heavy atom. The van der Waals surface area contributed by atoms with E-state index in [9.17, 15) is 14.7 Å². The third kappa shape index (κ3) is 4.95. The number of anilines is 1. The molecule has 1 fully saturated rings. The molecule has 4 aromatic rings. The Morgan fingerprint density at radius 3 is 2.50 bits per heavy atom. The van der Waals surface area contributed by atoms with Crippen molar-refractivity contribution >= 4 is 44.1 Å². The zero-order valence-electron chi connectivity index (χ0n) is 23.3. The molecule has 1 aliphatic heterocycles. The smallest absolute Gasteiger partial charge is 0.301 e. The third-order valence-corrected chi connectivity index (χ3v) is 8.11. The van der Waals surface area contributed by atoms with Gasteiger partial charge in [-0.3, -0.25) is 14.5 Å². The largest absolute Gasteiger partial charge is 0.507 e. The summed E-state index contributed by atoms with van der Waals surface area (Å²) >= 11 is 1.34. The Bertz CT molecular complexity index is 1650. The first-order valence-electron chi connectivity index (χ1n) is 13.3. The van der Waals surface area contributed by atoms with Crippen molar-refractivity contribution in [3.63, 3.8) is 0 Å². The van der Waals surface area contributed by atoms with Crippen molar-refractivity contribution in [3.8, 4) is 11.5 Å². The van der Waals surface area contributed by atoms with Gasteiger partial charge in [-0.1, -0.05) is 54.5 Å². The molecule has 3 aromatic carbocycles. The first kappa shape index (κ1) is 27.4. The third-order valence-electron chi connectivity index (χ3n) is 7.09. The number of aromatic nitrogens is 1. The minimum Gasteiger partial charge on any atom is -0.507 e. The number of methoxy groups -OCH3 is 1. The molecule has 40 heavy (non-hydrogen) atoms. The summed E-state index contributed by atoms with van der Waals surface area (Å²) in [6.45, 7) is 8.40. The Labute approximate surface area is 237 Å². The van der Waals surface area contributed by atoms with Gasteiger partial charge in [-0.25, -0.2) is 4.98 Å². The molecule has 1 amide bonds. The van der Waals surface area contributed by atoms with Crippen LogP contribution in [-0.2, 0) is 9.59 Å². The van der Waals surface area contributed by atoms with Crippen LogP contribution in [0.4, 0.5) is 5.13 Å². The number of amides is 1. The van der Waals surface area contributed by atoms with Gasteiger partial charge in [0.15, 0.2) is 16.6 Å². The standard InChI is InChI=1S/C32H32N2O5S/c1-6-7-14-39-24-13-11-21(17-25(24)38-5)28-27(29(35)22-15-18(2)8-10-20(22)4)30(36)31(37)34(28)32-33-23-12-9-19(3)16-26(23)40-32/h8-13,15-17,28,35H,6-7,14H2,1-5H3. The number of carbonyl (C=O) groups excluding carboxylic acids is 2. The van der Waals surface area contributed by atoms with Gasteiger partial charge in [-0.05, 0) is 74.2 Å². The number of hydrogen-bond acceptors (Lipinski definition) is 7. The van der Waals surface area contributed by atoms with Crippen LogP contribution in [0.3, 0.4) is 0 Å². The first-order valence-corrected chi connectivity index (χ1v) is 14.1. The summed E-state index contributed by atoms with van der Waals surface area (Å²) in [6.07, 6.45) is 1.90. The molecule has 0 bridgehead atoms. The van der Waals surface area contributed by atoms with Crippen molar-refractivity contribution < 1.29 is 24.2 Å². The number of aliphatic hydroxyl groups is 1. The van der Waals surface area contributed by atoms with Gasteiger partial charge >= 0.3 is 5.91 Å². The van der Waals surface area contributed by atoms with Crippen LogP contribution in [0.1, 0.15) is 53.6 Å². The minimum atomic E-state index is -0.917. The average molecular weight is 557 g/mol. The van der Waals surface area contributed by atoms with Crippen molar-refractivity contribution in [1.29, 1.82) is 0 Å². The molecule has 8 heteroatoms. The van der Waals surface area contributed by atoms with Crippen LogP contribution in [0, 0.1) is 20.8 Å². The normalized spacial score (nSPS) is 16.6. The lowest BCUT2D eigenvalue weighted by Crippen LogP contribution is -2.29. The average Bonchev–Trinajstić information content (AvgIpc) is 3.47. The SMILES string of the molecule is CCCCOc1ccc(C2C(=C(O)c3cc(C)ccc3C)C(=O)C(=O)N2c2nc3ccc(C)cc3s2)cc1OC. The highest BCUT2D eigenvalue weighted by Crippen LogP contribution is 2.46. The first-order chi connectivity index (χ1) is 19.2. The van der Waals surface area contributed by atoms with Crippen LogP contribution in [0.15, 0.2) is 60.2 Å². The molecule has 1 N–H and O–H groups in total. The number of ketones is 1. The van der Waals surface area contributed by atoms with Gasteiger partial charge in [0.2, 0.25) is 0 Å². The molecule has 0 aliphatic carbocycles. The van der Waals surface area contributed by atoms with E-state index in [0.29, 0.717) is 34.4 Å². The second kappa shape index (κ2) is 11.1. The molecule has 1 aliphatic rings. The van der Waals surface area contributed by atoms with Gasteiger partial charge in [-0.15, -0.1) is 0 Å². The molecule has 7 nitrogen and oxygen atoms in total. The van der Waals surface area contributed by atoms with E-state index in [-0.39, 0.29) is 11.3 Å². The van der Waals surface area contributed by atoms with Gasteiger partial charge in [-0.2, -0.15) is 0 Å². The van der Waals surface area contributed by atoms with Crippen LogP contribution >= 0.6 is 11.3 Å². The molecule has 1 aromatic heterocycles. The van der Waals surface area contributed by atoms with Crippen LogP contribution in [0.25, 0.3) is 16.0 Å². The van der Waals surface area contributed by atoms with Crippen molar-refractivity contribution in [2.45, 2.75) is 46.6 Å². The van der Waals surface area contributed by atoms with E-state index in [0.717, 1.165) is 39.7 Å². The fraction of sp³-hybridized carbons (Fsp3) is 0.281. The topological polar surface area (TPSA) is 89.0 Å². The van der Waals surface area contributed by atoms with E-state index < -0.39 is 17.7 Å². The lowest BCUT2D eigenvalue weighted by Gasteiger charge is -2.24. The van der Waals surface area contributed by atoms with Crippen molar-refractivity contribution in [3.05, 3.63) is 88.0 Å². The molecule has 5 rings (SSSR count). The number of benzene rings is 3. The summed E-state index contributed by atoms with van der Waals surface area (Å²) < 4.78 is 12.5. The van der Waals surface area contributed by atoms with Crippen LogP contribution in [0.5, 0.6) is 11.5 Å². The van der Waals surface area contributed by atoms with E-state index in [1.54, 1.807) is 25.3 Å². The highest BCUT2D eigenvalue weighted by atomic mass is 32.1. The Morgan fingerprint density at radius 2 is 1.75 bits per heavy atom. The lowest BCUT2D eigenvalue weighted by atomic mass is 9.93. The Hall–Kier alpha value is -4.17. The van der Waals surface area contributed by atoms with E-state index in [4.69, 9.17) is 14.5 Å². The fourth-order valence-corrected chi connectivity index (χ4v) is 5.99. The maximum Gasteiger partial charge on any atom is 0.301 e. The summed E-state index contributed by atoms with van der Waals surface area (Å²) in [5, 5.41) is 12.0. The monoisotopic (exact) mass is 556 g/mol. The molecule has 1 saturated heterocycles. The number of thiazole rings is 1. The highest BCUT2D eigenvalue weighted by Gasteiger charge is 2.48. The molecule has 0 radical (unpaired) electrons. The number of carbonyl (C=O) groups is 2. The zero-order valence-corrected chi connectivity index (χ0v) is 24.1. The van der Waals surface area contributed by atoms with Crippen LogP contribution in [-0.4, -0.2) is 35.5 Å². The van der Waals surface area contributed by atoms with Gasteiger partial charge in [0, 0.05) is 5.56 Å². The van der Waals surface area contributed by atoms with E-state index in [2.05, 4.69) is 6.92 Å². The predicted octanol–water partition coefficient (Wildman–Crippen LogP) is 7.04. The van der Waals surface area contributed by atoms with Crippen molar-refractivity contribution in [1.82, 2.24) is 4.98 Å². The number of aryl methyl sites for hydroxylation is 3. The Balaban J connectivity index is 1.71. The summed E-state index contributed by atoms with van der Waals surface area (Å²) in [4.78, 5) is 33.4. The van der Waals surface area contributed by atoms with Crippen molar-refractivity contribution in [2.24, 2.45) is 0 Å². The zero-order chi connectivity index (χ0) is 28.6. The number of rotatable bonds is 8. The Kier molecular flexibility index (Phi) is 7.63. The molecule has 0 saturated carbocycles. The molecular formula is C32H32N2O5S. The summed E-state index contributed by atoms with van der Waals surface area (Å²) in [5.41, 5.74) is 4.64. The second-order valence-electron chi connectivity index (χ2n) is 10.1. The van der Waals surface area contributed by atoms with E-state index in [1.165, 1.54) is 16.2 Å². The maximum absolute atomic E-state index is 13.7.